The Bertz CT molecular complexity index is 452. The summed E-state index contributed by atoms with van der Waals surface area (Å²) in [7, 11) is 1.66. The topological polar surface area (TPSA) is 41.9 Å². The standard InChI is InChI=1S/C18H29NO3/c1-14-8-9-15(2)19(10-14)11-17(20)13-22-12-16-6-4-5-7-18(16)21-3/h4-7,14-15,17,20H,8-13H2,1-3H3. The Balaban J connectivity index is 1.74. The lowest BCUT2D eigenvalue weighted by atomic mass is 9.95. The van der Waals surface area contributed by atoms with Crippen molar-refractivity contribution in [1.82, 2.24) is 4.90 Å². The molecule has 3 atom stereocenters. The van der Waals surface area contributed by atoms with Crippen LogP contribution in [-0.4, -0.2) is 49.0 Å². The average molecular weight is 307 g/mol. The van der Waals surface area contributed by atoms with E-state index in [0.717, 1.165) is 23.8 Å². The van der Waals surface area contributed by atoms with Gasteiger partial charge in [0, 0.05) is 24.7 Å². The van der Waals surface area contributed by atoms with Crippen molar-refractivity contribution in [2.24, 2.45) is 5.92 Å². The molecule has 124 valence electrons. The number of hydrogen-bond acceptors (Lipinski definition) is 4. The van der Waals surface area contributed by atoms with Gasteiger partial charge in [0.15, 0.2) is 0 Å². The van der Waals surface area contributed by atoms with Crippen molar-refractivity contribution < 1.29 is 14.6 Å². The normalized spacial score (nSPS) is 24.2. The van der Waals surface area contributed by atoms with Crippen molar-refractivity contribution in [2.45, 2.75) is 45.4 Å². The lowest BCUT2D eigenvalue weighted by Gasteiger charge is -2.37. The minimum Gasteiger partial charge on any atom is -0.496 e. The Labute approximate surface area is 134 Å². The van der Waals surface area contributed by atoms with E-state index in [9.17, 15) is 5.11 Å². The lowest BCUT2D eigenvalue weighted by molar-refractivity contribution is -0.00679. The number of nitrogens with zero attached hydrogens (tertiary/aromatic N) is 1. The van der Waals surface area contributed by atoms with E-state index in [1.807, 2.05) is 24.3 Å². The molecule has 1 aliphatic rings. The fourth-order valence-electron chi connectivity index (χ4n) is 3.08. The van der Waals surface area contributed by atoms with E-state index in [1.54, 1.807) is 7.11 Å². The summed E-state index contributed by atoms with van der Waals surface area (Å²) in [6.07, 6.45) is 2.07. The lowest BCUT2D eigenvalue weighted by Crippen LogP contribution is -2.45. The van der Waals surface area contributed by atoms with Gasteiger partial charge >= 0.3 is 0 Å². The highest BCUT2D eigenvalue weighted by Gasteiger charge is 2.24. The molecule has 0 aliphatic carbocycles. The van der Waals surface area contributed by atoms with Crippen molar-refractivity contribution in [2.75, 3.05) is 26.8 Å². The minimum absolute atomic E-state index is 0.357. The molecular formula is C18H29NO3. The zero-order chi connectivity index (χ0) is 15.9. The highest BCUT2D eigenvalue weighted by molar-refractivity contribution is 5.32. The first-order valence-corrected chi connectivity index (χ1v) is 8.22. The minimum atomic E-state index is -0.442. The molecule has 0 spiro atoms. The Kier molecular flexibility index (Phi) is 6.68. The molecule has 1 aromatic carbocycles. The number of piperidine rings is 1. The van der Waals surface area contributed by atoms with Gasteiger partial charge in [0.1, 0.15) is 5.75 Å². The van der Waals surface area contributed by atoms with Crippen LogP contribution in [-0.2, 0) is 11.3 Å². The second-order valence-corrected chi connectivity index (χ2v) is 6.47. The van der Waals surface area contributed by atoms with E-state index in [1.165, 1.54) is 12.8 Å². The molecule has 0 amide bonds. The first kappa shape index (κ1) is 17.3. The van der Waals surface area contributed by atoms with Crippen LogP contribution in [0.15, 0.2) is 24.3 Å². The Morgan fingerprint density at radius 3 is 2.82 bits per heavy atom. The van der Waals surface area contributed by atoms with E-state index in [-0.39, 0.29) is 0 Å². The quantitative estimate of drug-likeness (QED) is 0.841. The van der Waals surface area contributed by atoms with Crippen LogP contribution in [0.4, 0.5) is 0 Å². The largest absolute Gasteiger partial charge is 0.496 e. The molecule has 0 aromatic heterocycles. The van der Waals surface area contributed by atoms with Gasteiger partial charge in [0.2, 0.25) is 0 Å². The summed E-state index contributed by atoms with van der Waals surface area (Å²) < 4.78 is 11.0. The van der Waals surface area contributed by atoms with Crippen molar-refractivity contribution in [3.63, 3.8) is 0 Å². The SMILES string of the molecule is COc1ccccc1COCC(O)CN1CC(C)CCC1C. The van der Waals surface area contributed by atoms with Crippen LogP contribution < -0.4 is 4.74 Å². The molecular weight excluding hydrogens is 278 g/mol. The molecule has 0 radical (unpaired) electrons. The Hall–Kier alpha value is -1.10. The van der Waals surface area contributed by atoms with Crippen LogP contribution in [0.1, 0.15) is 32.3 Å². The molecule has 1 aromatic rings. The van der Waals surface area contributed by atoms with Crippen molar-refractivity contribution in [3.05, 3.63) is 29.8 Å². The first-order valence-electron chi connectivity index (χ1n) is 8.22. The van der Waals surface area contributed by atoms with Crippen LogP contribution >= 0.6 is 0 Å². The molecule has 1 heterocycles. The highest BCUT2D eigenvalue weighted by atomic mass is 16.5. The van der Waals surface area contributed by atoms with Crippen molar-refractivity contribution in [3.8, 4) is 5.75 Å². The summed E-state index contributed by atoms with van der Waals surface area (Å²) in [5.41, 5.74) is 1.01. The van der Waals surface area contributed by atoms with Crippen LogP contribution in [0.2, 0.25) is 0 Å². The summed E-state index contributed by atoms with van der Waals surface area (Å²) in [4.78, 5) is 2.38. The first-order chi connectivity index (χ1) is 10.6. The second-order valence-electron chi connectivity index (χ2n) is 6.47. The van der Waals surface area contributed by atoms with E-state index in [4.69, 9.17) is 9.47 Å². The maximum absolute atomic E-state index is 10.2. The third-order valence-corrected chi connectivity index (χ3v) is 4.45. The van der Waals surface area contributed by atoms with Gasteiger partial charge in [-0.1, -0.05) is 25.1 Å². The van der Waals surface area contributed by atoms with E-state index < -0.39 is 6.10 Å². The molecule has 1 saturated heterocycles. The van der Waals surface area contributed by atoms with E-state index in [2.05, 4.69) is 18.7 Å². The number of β-amino-alcohol motifs (C(OH)–C–C–N with tert-alkyl or cyclic N) is 1. The van der Waals surface area contributed by atoms with E-state index >= 15 is 0 Å². The van der Waals surface area contributed by atoms with Crippen LogP contribution in [0, 0.1) is 5.92 Å². The van der Waals surface area contributed by atoms with Gasteiger partial charge < -0.3 is 14.6 Å². The summed E-state index contributed by atoms with van der Waals surface area (Å²) in [6.45, 7) is 7.11. The predicted molar refractivity (Wildman–Crippen MR) is 88.1 cm³/mol. The van der Waals surface area contributed by atoms with Crippen LogP contribution in [0.5, 0.6) is 5.75 Å². The van der Waals surface area contributed by atoms with Crippen LogP contribution in [0.3, 0.4) is 0 Å². The Morgan fingerprint density at radius 1 is 1.27 bits per heavy atom. The fraction of sp³-hybridized carbons (Fsp3) is 0.667. The van der Waals surface area contributed by atoms with Gasteiger partial charge in [0.25, 0.3) is 0 Å². The van der Waals surface area contributed by atoms with Gasteiger partial charge in [-0.05, 0) is 31.7 Å². The second kappa shape index (κ2) is 8.51. The smallest absolute Gasteiger partial charge is 0.124 e. The molecule has 1 N–H and O–H groups in total. The summed E-state index contributed by atoms with van der Waals surface area (Å²) in [5.74, 6) is 1.55. The zero-order valence-corrected chi connectivity index (χ0v) is 14.0. The number of likely N-dealkylation sites (tertiary alicyclic amines) is 1. The molecule has 4 heteroatoms. The average Bonchev–Trinajstić information content (AvgIpc) is 2.51. The van der Waals surface area contributed by atoms with Gasteiger partial charge in [-0.3, -0.25) is 4.90 Å². The molecule has 22 heavy (non-hydrogen) atoms. The van der Waals surface area contributed by atoms with Gasteiger partial charge in [-0.25, -0.2) is 0 Å². The summed E-state index contributed by atoms with van der Waals surface area (Å²) in [5, 5.41) is 10.2. The molecule has 1 fully saturated rings. The van der Waals surface area contributed by atoms with Gasteiger partial charge in [-0.15, -0.1) is 0 Å². The maximum atomic E-state index is 10.2. The molecule has 1 aliphatic heterocycles. The van der Waals surface area contributed by atoms with Crippen LogP contribution in [0.25, 0.3) is 0 Å². The predicted octanol–water partition coefficient (Wildman–Crippen LogP) is 2.69. The van der Waals surface area contributed by atoms with Gasteiger partial charge in [-0.2, -0.15) is 0 Å². The number of aliphatic hydroxyl groups excluding tert-OH is 1. The Morgan fingerprint density at radius 2 is 2.05 bits per heavy atom. The number of rotatable bonds is 7. The molecule has 0 bridgehead atoms. The third kappa shape index (κ3) is 4.97. The molecule has 2 rings (SSSR count). The number of hydrogen-bond donors (Lipinski definition) is 1. The number of ether oxygens (including phenoxy) is 2. The summed E-state index contributed by atoms with van der Waals surface area (Å²) >= 11 is 0. The monoisotopic (exact) mass is 307 g/mol. The fourth-order valence-corrected chi connectivity index (χ4v) is 3.08. The maximum Gasteiger partial charge on any atom is 0.124 e. The highest BCUT2D eigenvalue weighted by Crippen LogP contribution is 2.21. The molecule has 4 nitrogen and oxygen atoms in total. The molecule has 0 saturated carbocycles. The third-order valence-electron chi connectivity index (χ3n) is 4.45. The molecule has 3 unspecified atom stereocenters. The zero-order valence-electron chi connectivity index (χ0n) is 14.0. The number of aliphatic hydroxyl groups is 1. The number of methoxy groups -OCH3 is 1. The van der Waals surface area contributed by atoms with Gasteiger partial charge in [0.05, 0.1) is 26.4 Å². The van der Waals surface area contributed by atoms with Crippen molar-refractivity contribution in [1.29, 1.82) is 0 Å². The van der Waals surface area contributed by atoms with E-state index in [0.29, 0.717) is 25.8 Å². The number of para-hydroxylation sites is 1. The van der Waals surface area contributed by atoms with Crippen molar-refractivity contribution >= 4 is 0 Å². The summed E-state index contributed by atoms with van der Waals surface area (Å²) in [6, 6.07) is 8.37. The number of benzene rings is 1.